The molecule has 1 N–H and O–H groups in total. The van der Waals surface area contributed by atoms with Crippen molar-refractivity contribution in [2.24, 2.45) is 0 Å². The summed E-state index contributed by atoms with van der Waals surface area (Å²) in [6, 6.07) is 23.2. The standard InChI is InChI=1S/C25H18N2O4S/c28-18-10-11-19-17(12-23(29)31-22(19)13-18)15-32-25-26-21-9-5-4-8-20(21)24(30)27(25)14-16-6-2-1-3-7-16/h1-13,28H,14-15H2. The second-order valence-electron chi connectivity index (χ2n) is 7.35. The van der Waals surface area contributed by atoms with E-state index >= 15 is 0 Å². The zero-order valence-corrected chi connectivity index (χ0v) is 17.7. The first kappa shape index (κ1) is 20.1. The summed E-state index contributed by atoms with van der Waals surface area (Å²) < 4.78 is 6.89. The largest absolute Gasteiger partial charge is 0.508 e. The van der Waals surface area contributed by atoms with Gasteiger partial charge in [0.05, 0.1) is 17.4 Å². The third-order valence-corrected chi connectivity index (χ3v) is 6.21. The molecule has 0 spiro atoms. The highest BCUT2D eigenvalue weighted by atomic mass is 32.2. The molecule has 5 rings (SSSR count). The average molecular weight is 442 g/mol. The number of hydrogen-bond acceptors (Lipinski definition) is 6. The van der Waals surface area contributed by atoms with Crippen LogP contribution in [0.15, 0.2) is 98.0 Å². The molecule has 0 aliphatic carbocycles. The summed E-state index contributed by atoms with van der Waals surface area (Å²) >= 11 is 1.38. The van der Waals surface area contributed by atoms with Crippen molar-refractivity contribution in [1.82, 2.24) is 9.55 Å². The number of benzene rings is 3. The zero-order valence-electron chi connectivity index (χ0n) is 16.9. The Morgan fingerprint density at radius 1 is 0.906 bits per heavy atom. The number of phenols is 1. The number of hydrogen-bond donors (Lipinski definition) is 1. The Morgan fingerprint density at radius 2 is 1.69 bits per heavy atom. The molecule has 0 unspecified atom stereocenters. The Morgan fingerprint density at radius 3 is 2.53 bits per heavy atom. The molecule has 7 heteroatoms. The molecule has 0 radical (unpaired) electrons. The third kappa shape index (κ3) is 3.90. The van der Waals surface area contributed by atoms with E-state index in [1.165, 1.54) is 23.9 Å². The molecule has 0 saturated heterocycles. The second-order valence-corrected chi connectivity index (χ2v) is 8.29. The summed E-state index contributed by atoms with van der Waals surface area (Å²) in [5.74, 6) is 0.435. The van der Waals surface area contributed by atoms with Crippen molar-refractivity contribution in [2.75, 3.05) is 0 Å². The van der Waals surface area contributed by atoms with Gasteiger partial charge in [-0.2, -0.15) is 0 Å². The molecule has 0 amide bonds. The lowest BCUT2D eigenvalue weighted by atomic mass is 10.1. The summed E-state index contributed by atoms with van der Waals surface area (Å²) in [4.78, 5) is 30.1. The van der Waals surface area contributed by atoms with Crippen LogP contribution in [0.4, 0.5) is 0 Å². The average Bonchev–Trinajstić information content (AvgIpc) is 2.80. The molecule has 2 heterocycles. The maximum absolute atomic E-state index is 13.3. The summed E-state index contributed by atoms with van der Waals surface area (Å²) in [6.45, 7) is 0.394. The fourth-order valence-corrected chi connectivity index (χ4v) is 4.63. The van der Waals surface area contributed by atoms with Gasteiger partial charge in [0.25, 0.3) is 5.56 Å². The molecule has 2 aromatic heterocycles. The van der Waals surface area contributed by atoms with E-state index < -0.39 is 5.63 Å². The van der Waals surface area contributed by atoms with Gasteiger partial charge < -0.3 is 9.52 Å². The van der Waals surface area contributed by atoms with Gasteiger partial charge in [0.1, 0.15) is 11.3 Å². The summed E-state index contributed by atoms with van der Waals surface area (Å²) in [5.41, 5.74) is 2.09. The maximum Gasteiger partial charge on any atom is 0.336 e. The van der Waals surface area contributed by atoms with Crippen molar-refractivity contribution in [3.8, 4) is 5.75 Å². The lowest BCUT2D eigenvalue weighted by Crippen LogP contribution is -2.24. The van der Waals surface area contributed by atoms with Crippen molar-refractivity contribution >= 4 is 33.6 Å². The van der Waals surface area contributed by atoms with Crippen LogP contribution in [-0.2, 0) is 12.3 Å². The minimum atomic E-state index is -0.494. The number of para-hydroxylation sites is 1. The van der Waals surface area contributed by atoms with Gasteiger partial charge in [-0.3, -0.25) is 9.36 Å². The second kappa shape index (κ2) is 8.36. The van der Waals surface area contributed by atoms with E-state index in [-0.39, 0.29) is 11.3 Å². The monoisotopic (exact) mass is 442 g/mol. The van der Waals surface area contributed by atoms with Crippen LogP contribution in [0.2, 0.25) is 0 Å². The zero-order chi connectivity index (χ0) is 22.1. The fourth-order valence-electron chi connectivity index (χ4n) is 3.64. The van der Waals surface area contributed by atoms with Gasteiger partial charge in [0, 0.05) is 23.3 Å². The first-order valence-electron chi connectivity index (χ1n) is 10.0. The number of rotatable bonds is 5. The molecule has 5 aromatic rings. The number of nitrogens with zero attached hydrogens (tertiary/aromatic N) is 2. The summed E-state index contributed by atoms with van der Waals surface area (Å²) in [7, 11) is 0. The minimum Gasteiger partial charge on any atom is -0.508 e. The van der Waals surface area contributed by atoms with Gasteiger partial charge in [0.15, 0.2) is 5.16 Å². The van der Waals surface area contributed by atoms with Gasteiger partial charge >= 0.3 is 5.63 Å². The van der Waals surface area contributed by atoms with Crippen molar-refractivity contribution in [3.63, 3.8) is 0 Å². The van der Waals surface area contributed by atoms with E-state index in [0.717, 1.165) is 16.5 Å². The number of aromatic nitrogens is 2. The Bertz CT molecular complexity index is 1560. The SMILES string of the molecule is O=c1cc(CSc2nc3ccccc3c(=O)n2Cc2ccccc2)c2ccc(O)cc2o1. The molecule has 0 atom stereocenters. The van der Waals surface area contributed by atoms with Crippen LogP contribution in [-0.4, -0.2) is 14.7 Å². The first-order valence-corrected chi connectivity index (χ1v) is 11.0. The third-order valence-electron chi connectivity index (χ3n) is 5.18. The maximum atomic E-state index is 13.3. The molecule has 6 nitrogen and oxygen atoms in total. The van der Waals surface area contributed by atoms with Crippen molar-refractivity contribution in [2.45, 2.75) is 17.5 Å². The van der Waals surface area contributed by atoms with Gasteiger partial charge in [-0.15, -0.1) is 0 Å². The van der Waals surface area contributed by atoms with Crippen LogP contribution in [0.3, 0.4) is 0 Å². The van der Waals surface area contributed by atoms with Crippen LogP contribution < -0.4 is 11.2 Å². The van der Waals surface area contributed by atoms with Gasteiger partial charge in [0.2, 0.25) is 0 Å². The lowest BCUT2D eigenvalue weighted by molar-refractivity contribution is 0.473. The smallest absolute Gasteiger partial charge is 0.336 e. The number of phenolic OH excluding ortho intramolecular Hbond substituents is 1. The topological polar surface area (TPSA) is 85.3 Å². The Kier molecular flexibility index (Phi) is 5.25. The van der Waals surface area contributed by atoms with Crippen molar-refractivity contribution < 1.29 is 9.52 Å². The molecule has 0 aliphatic heterocycles. The van der Waals surface area contributed by atoms with E-state index in [0.29, 0.717) is 33.9 Å². The Hall–Kier alpha value is -3.84. The predicted octanol–water partition coefficient (Wildman–Crippen LogP) is 4.55. The predicted molar refractivity (Wildman–Crippen MR) is 125 cm³/mol. The molecule has 0 bridgehead atoms. The van der Waals surface area contributed by atoms with E-state index in [2.05, 4.69) is 0 Å². The van der Waals surface area contributed by atoms with Crippen molar-refractivity contribution in [1.29, 1.82) is 0 Å². The fraction of sp³-hybridized carbons (Fsp3) is 0.0800. The van der Waals surface area contributed by atoms with Gasteiger partial charge in [-0.25, -0.2) is 9.78 Å². The van der Waals surface area contributed by atoms with Gasteiger partial charge in [-0.1, -0.05) is 54.2 Å². The summed E-state index contributed by atoms with van der Waals surface area (Å²) in [6.07, 6.45) is 0. The Balaban J connectivity index is 1.58. The van der Waals surface area contributed by atoms with E-state index in [9.17, 15) is 14.7 Å². The highest BCUT2D eigenvalue weighted by Gasteiger charge is 2.14. The first-order chi connectivity index (χ1) is 15.6. The van der Waals surface area contributed by atoms with Crippen LogP contribution >= 0.6 is 11.8 Å². The number of thioether (sulfide) groups is 1. The van der Waals surface area contributed by atoms with E-state index in [1.807, 2.05) is 48.5 Å². The molecule has 0 aliphatic rings. The summed E-state index contributed by atoms with van der Waals surface area (Å²) in [5, 5.41) is 11.6. The van der Waals surface area contributed by atoms with E-state index in [1.54, 1.807) is 22.8 Å². The molecule has 158 valence electrons. The molecule has 32 heavy (non-hydrogen) atoms. The lowest BCUT2D eigenvalue weighted by Gasteiger charge is -2.14. The highest BCUT2D eigenvalue weighted by molar-refractivity contribution is 7.98. The molecule has 0 fully saturated rings. The van der Waals surface area contributed by atoms with Gasteiger partial charge in [-0.05, 0) is 35.4 Å². The molecule has 3 aromatic carbocycles. The number of fused-ring (bicyclic) bond motifs is 2. The van der Waals surface area contributed by atoms with Crippen LogP contribution in [0.25, 0.3) is 21.9 Å². The molecular formula is C25H18N2O4S. The van der Waals surface area contributed by atoms with Crippen molar-refractivity contribution in [3.05, 3.63) is 111 Å². The van der Waals surface area contributed by atoms with Crippen LogP contribution in [0.5, 0.6) is 5.75 Å². The van der Waals surface area contributed by atoms with E-state index in [4.69, 9.17) is 9.40 Å². The molecule has 0 saturated carbocycles. The quantitative estimate of drug-likeness (QED) is 0.244. The van der Waals surface area contributed by atoms with Crippen LogP contribution in [0.1, 0.15) is 11.1 Å². The highest BCUT2D eigenvalue weighted by Crippen LogP contribution is 2.28. The minimum absolute atomic E-state index is 0.0262. The number of aromatic hydroxyl groups is 1. The molecular weight excluding hydrogens is 424 g/mol. The van der Waals surface area contributed by atoms with Crippen LogP contribution in [0, 0.1) is 0 Å². The normalized spacial score (nSPS) is 11.2. The Labute approximate surface area is 186 Å².